The first-order chi connectivity index (χ1) is 19.1. The monoisotopic (exact) mass is 557 g/mol. The van der Waals surface area contributed by atoms with Crippen molar-refractivity contribution in [3.05, 3.63) is 88.5 Å². The van der Waals surface area contributed by atoms with Gasteiger partial charge in [-0.25, -0.2) is 0 Å². The van der Waals surface area contributed by atoms with E-state index in [4.69, 9.17) is 9.72 Å². The van der Waals surface area contributed by atoms with E-state index in [0.29, 0.717) is 13.2 Å². The molecular formula is C30H31N5O2S2. The lowest BCUT2D eigenvalue weighted by molar-refractivity contribution is 0.122. The van der Waals surface area contributed by atoms with Crippen molar-refractivity contribution in [2.75, 3.05) is 43.6 Å². The first-order valence-electron chi connectivity index (χ1n) is 13.1. The Morgan fingerprint density at radius 1 is 1.00 bits per heavy atom. The zero-order chi connectivity index (χ0) is 26.8. The molecule has 2 aromatic heterocycles. The third-order valence-corrected chi connectivity index (χ3v) is 9.46. The van der Waals surface area contributed by atoms with E-state index in [1.165, 1.54) is 19.6 Å². The molecule has 9 heteroatoms. The maximum absolute atomic E-state index is 12.6. The smallest absolute Gasteiger partial charge is 0.250 e. The second kappa shape index (κ2) is 11.5. The Kier molecular flexibility index (Phi) is 7.65. The van der Waals surface area contributed by atoms with Crippen LogP contribution in [0.15, 0.2) is 91.1 Å². The highest BCUT2D eigenvalue weighted by molar-refractivity contribution is 8.05. The van der Waals surface area contributed by atoms with Crippen LogP contribution < -0.4 is 21.1 Å². The number of nitrogens with zero attached hydrogens (tertiary/aromatic N) is 2. The summed E-state index contributed by atoms with van der Waals surface area (Å²) in [5.74, 6) is 0. The number of aromatic nitrogens is 2. The van der Waals surface area contributed by atoms with Crippen molar-refractivity contribution in [2.45, 2.75) is 39.1 Å². The van der Waals surface area contributed by atoms with E-state index >= 15 is 0 Å². The van der Waals surface area contributed by atoms with Crippen molar-refractivity contribution >= 4 is 34.9 Å². The lowest BCUT2D eigenvalue weighted by atomic mass is 10.1. The first kappa shape index (κ1) is 26.0. The predicted molar refractivity (Wildman–Crippen MR) is 159 cm³/mol. The second-order valence-electron chi connectivity index (χ2n) is 9.66. The fourth-order valence-corrected chi connectivity index (χ4v) is 7.34. The lowest BCUT2D eigenvalue weighted by Crippen LogP contribution is -2.36. The van der Waals surface area contributed by atoms with Crippen LogP contribution in [0.5, 0.6) is 0 Å². The topological polar surface area (TPSA) is 82.3 Å². The van der Waals surface area contributed by atoms with E-state index in [2.05, 4.69) is 82.0 Å². The average molecular weight is 558 g/mol. The summed E-state index contributed by atoms with van der Waals surface area (Å²) in [6.45, 7) is 5.84. The summed E-state index contributed by atoms with van der Waals surface area (Å²) >= 11 is 3.53. The van der Waals surface area contributed by atoms with Crippen LogP contribution in [0.3, 0.4) is 0 Å². The van der Waals surface area contributed by atoms with Gasteiger partial charge in [0, 0.05) is 62.2 Å². The third-order valence-electron chi connectivity index (χ3n) is 6.86. The van der Waals surface area contributed by atoms with Crippen LogP contribution in [-0.2, 0) is 11.3 Å². The summed E-state index contributed by atoms with van der Waals surface area (Å²) in [7, 11) is 1.93. The molecule has 2 aliphatic heterocycles. The fraction of sp³-hybridized carbons (Fsp3) is 0.267. The van der Waals surface area contributed by atoms with Gasteiger partial charge in [0.25, 0.3) is 0 Å². The summed E-state index contributed by atoms with van der Waals surface area (Å²) in [6, 6.07) is 22.9. The molecular weight excluding hydrogens is 526 g/mol. The number of ether oxygens (including phenoxy) is 1. The highest BCUT2D eigenvalue weighted by Gasteiger charge is 2.22. The minimum Gasteiger partial charge on any atom is -0.378 e. The van der Waals surface area contributed by atoms with Gasteiger partial charge in [0.1, 0.15) is 0 Å². The molecule has 4 aromatic rings. The van der Waals surface area contributed by atoms with Gasteiger partial charge in [0.2, 0.25) is 5.56 Å². The molecule has 0 bridgehead atoms. The molecule has 0 saturated carbocycles. The molecule has 2 aromatic carbocycles. The fourth-order valence-electron chi connectivity index (χ4n) is 4.92. The van der Waals surface area contributed by atoms with Crippen LogP contribution in [0.2, 0.25) is 0 Å². The minimum absolute atomic E-state index is 0.0792. The van der Waals surface area contributed by atoms with Crippen LogP contribution in [-0.4, -0.2) is 43.3 Å². The Morgan fingerprint density at radius 3 is 2.69 bits per heavy atom. The van der Waals surface area contributed by atoms with Crippen LogP contribution in [0.25, 0.3) is 11.3 Å². The van der Waals surface area contributed by atoms with Crippen LogP contribution in [0.1, 0.15) is 24.4 Å². The van der Waals surface area contributed by atoms with Gasteiger partial charge in [-0.15, -0.1) is 0 Å². The normalized spacial score (nSPS) is 15.4. The van der Waals surface area contributed by atoms with E-state index in [0.717, 1.165) is 53.7 Å². The number of H-pyrrole nitrogens is 1. The van der Waals surface area contributed by atoms with E-state index in [1.54, 1.807) is 29.6 Å². The molecule has 1 atom stereocenters. The maximum Gasteiger partial charge on any atom is 0.250 e. The molecule has 1 fully saturated rings. The zero-order valence-corrected chi connectivity index (χ0v) is 23.6. The molecule has 6 rings (SSSR count). The van der Waals surface area contributed by atoms with Gasteiger partial charge in [0.05, 0.1) is 36.3 Å². The lowest BCUT2D eigenvalue weighted by Gasteiger charge is -2.29. The van der Waals surface area contributed by atoms with Crippen LogP contribution in [0, 0.1) is 0 Å². The van der Waals surface area contributed by atoms with Crippen molar-refractivity contribution in [2.24, 2.45) is 0 Å². The number of aromatic amines is 1. The molecule has 4 heterocycles. The Balaban J connectivity index is 1.25. The number of hydrogen-bond donors (Lipinski definition) is 3. The van der Waals surface area contributed by atoms with Gasteiger partial charge in [0.15, 0.2) is 0 Å². The van der Waals surface area contributed by atoms with E-state index < -0.39 is 0 Å². The molecule has 0 aliphatic carbocycles. The average Bonchev–Trinajstić information content (AvgIpc) is 2.96. The van der Waals surface area contributed by atoms with E-state index in [9.17, 15) is 4.79 Å². The molecule has 0 radical (unpaired) electrons. The standard InChI is InChI=1S/C30H31N5O2S2/c1-19(24-7-3-5-21(33-24)18-31-2)32-20-9-10-26-28(15-20)38-27-8-4-6-23(30(27)39-26)25-16-22(17-29(36)34-25)35-11-13-37-14-12-35/h3-10,15-17,19,31-32H,11-14,18H2,1-2H3,(H,34,36). The molecule has 0 amide bonds. The van der Waals surface area contributed by atoms with Crippen molar-refractivity contribution in [1.82, 2.24) is 15.3 Å². The molecule has 7 nitrogen and oxygen atoms in total. The molecule has 200 valence electrons. The highest BCUT2D eigenvalue weighted by atomic mass is 32.2. The summed E-state index contributed by atoms with van der Waals surface area (Å²) < 4.78 is 5.50. The van der Waals surface area contributed by atoms with E-state index in [1.807, 2.05) is 13.1 Å². The van der Waals surface area contributed by atoms with Gasteiger partial charge in [-0.05, 0) is 56.4 Å². The predicted octanol–water partition coefficient (Wildman–Crippen LogP) is 5.78. The molecule has 39 heavy (non-hydrogen) atoms. The number of nitrogens with one attached hydrogen (secondary N) is 3. The quantitative estimate of drug-likeness (QED) is 0.232. The number of benzene rings is 2. The summed E-state index contributed by atoms with van der Waals surface area (Å²) in [5.41, 5.74) is 5.87. The third kappa shape index (κ3) is 5.72. The first-order valence-corrected chi connectivity index (χ1v) is 14.8. The number of rotatable bonds is 7. The van der Waals surface area contributed by atoms with Crippen molar-refractivity contribution in [1.29, 1.82) is 0 Å². The van der Waals surface area contributed by atoms with Gasteiger partial charge >= 0.3 is 0 Å². The summed E-state index contributed by atoms with van der Waals surface area (Å²) in [5, 5.41) is 6.79. The van der Waals surface area contributed by atoms with Gasteiger partial charge in [-0.1, -0.05) is 41.7 Å². The van der Waals surface area contributed by atoms with Crippen LogP contribution >= 0.6 is 23.5 Å². The van der Waals surface area contributed by atoms with Gasteiger partial charge in [-0.2, -0.15) is 0 Å². The van der Waals surface area contributed by atoms with Crippen molar-refractivity contribution in [3.63, 3.8) is 0 Å². The Hall–Kier alpha value is -3.24. The van der Waals surface area contributed by atoms with Crippen molar-refractivity contribution < 1.29 is 4.74 Å². The Morgan fingerprint density at radius 2 is 1.85 bits per heavy atom. The maximum atomic E-state index is 12.6. The number of fused-ring (bicyclic) bond motifs is 2. The summed E-state index contributed by atoms with van der Waals surface area (Å²) in [6.07, 6.45) is 0. The van der Waals surface area contributed by atoms with Crippen LogP contribution in [0.4, 0.5) is 11.4 Å². The number of hydrogen-bond acceptors (Lipinski definition) is 8. The molecule has 0 spiro atoms. The molecule has 1 saturated heterocycles. The van der Waals surface area contributed by atoms with Gasteiger partial charge in [-0.3, -0.25) is 9.78 Å². The SMILES string of the molecule is CNCc1cccc(C(C)Nc2ccc3c(c2)Sc2cccc(-c4cc(N5CCOCC5)cc(=O)[nH]4)c2S3)n1. The molecule has 2 aliphatic rings. The minimum atomic E-state index is -0.0868. The second-order valence-corrected chi connectivity index (χ2v) is 11.8. The molecule has 1 unspecified atom stereocenters. The molecule has 3 N–H and O–H groups in total. The highest BCUT2D eigenvalue weighted by Crippen LogP contribution is 2.52. The Labute approximate surface area is 236 Å². The van der Waals surface area contributed by atoms with E-state index in [-0.39, 0.29) is 11.6 Å². The zero-order valence-electron chi connectivity index (χ0n) is 22.0. The van der Waals surface area contributed by atoms with Crippen molar-refractivity contribution in [3.8, 4) is 11.3 Å². The Bertz CT molecular complexity index is 1550. The number of pyridine rings is 2. The number of anilines is 2. The van der Waals surface area contributed by atoms with Gasteiger partial charge < -0.3 is 25.3 Å². The summed E-state index contributed by atoms with van der Waals surface area (Å²) in [4.78, 5) is 27.5. The number of morpholine rings is 1. The largest absolute Gasteiger partial charge is 0.378 e.